The summed E-state index contributed by atoms with van der Waals surface area (Å²) in [6.45, 7) is 3.35. The van der Waals surface area contributed by atoms with Crippen molar-refractivity contribution in [2.24, 2.45) is 17.8 Å². The van der Waals surface area contributed by atoms with Gasteiger partial charge in [0, 0.05) is 0 Å². The number of amides is 2. The van der Waals surface area contributed by atoms with Crippen LogP contribution in [-0.4, -0.2) is 41.1 Å². The van der Waals surface area contributed by atoms with Gasteiger partial charge in [0.2, 0.25) is 17.6 Å². The highest BCUT2D eigenvalue weighted by molar-refractivity contribution is 7.18. The second-order valence-electron chi connectivity index (χ2n) is 7.48. The zero-order chi connectivity index (χ0) is 20.4. The molecular weight excluding hydrogens is 402 g/mol. The SMILES string of the molecule is CC(C)CC(C(=O)OCC(=O)c1ccc(Cl)s1)N1C(=O)C2CC=CCC2C1=O. The lowest BCUT2D eigenvalue weighted by molar-refractivity contribution is -0.158. The van der Waals surface area contributed by atoms with E-state index in [-0.39, 0.29) is 23.5 Å². The van der Waals surface area contributed by atoms with Crippen LogP contribution in [-0.2, 0) is 19.1 Å². The van der Waals surface area contributed by atoms with Crippen LogP contribution in [0.3, 0.4) is 0 Å². The summed E-state index contributed by atoms with van der Waals surface area (Å²) < 4.78 is 5.68. The number of nitrogens with zero attached hydrogens (tertiary/aromatic N) is 1. The third kappa shape index (κ3) is 4.20. The van der Waals surface area contributed by atoms with Crippen LogP contribution in [0.5, 0.6) is 0 Å². The Balaban J connectivity index is 1.72. The zero-order valence-corrected chi connectivity index (χ0v) is 17.3. The highest BCUT2D eigenvalue weighted by Gasteiger charge is 2.51. The number of hydrogen-bond donors (Lipinski definition) is 0. The van der Waals surface area contributed by atoms with Crippen LogP contribution in [0.1, 0.15) is 42.8 Å². The molecule has 0 N–H and O–H groups in total. The number of fused-ring (bicyclic) bond motifs is 1. The van der Waals surface area contributed by atoms with Crippen molar-refractivity contribution in [2.75, 3.05) is 6.61 Å². The third-order valence-electron chi connectivity index (χ3n) is 5.01. The molecule has 2 heterocycles. The normalized spacial score (nSPS) is 22.5. The fraction of sp³-hybridized carbons (Fsp3) is 0.500. The summed E-state index contributed by atoms with van der Waals surface area (Å²) in [6.07, 6.45) is 5.11. The first-order valence-electron chi connectivity index (χ1n) is 9.26. The van der Waals surface area contributed by atoms with Crippen LogP contribution in [0, 0.1) is 17.8 Å². The molecule has 1 fully saturated rings. The number of likely N-dealkylation sites (tertiary alicyclic amines) is 1. The van der Waals surface area contributed by atoms with E-state index in [2.05, 4.69) is 0 Å². The smallest absolute Gasteiger partial charge is 0.329 e. The lowest BCUT2D eigenvalue weighted by atomic mass is 9.85. The van der Waals surface area contributed by atoms with Gasteiger partial charge >= 0.3 is 5.97 Å². The van der Waals surface area contributed by atoms with E-state index in [1.807, 2.05) is 26.0 Å². The number of carbonyl (C=O) groups excluding carboxylic acids is 4. The predicted octanol–water partition coefficient (Wildman–Crippen LogP) is 3.49. The summed E-state index contributed by atoms with van der Waals surface area (Å²) in [6, 6.07) is 2.16. The van der Waals surface area contributed by atoms with E-state index >= 15 is 0 Å². The molecule has 2 amide bonds. The Morgan fingerprint density at radius 3 is 2.29 bits per heavy atom. The molecule has 1 aliphatic heterocycles. The summed E-state index contributed by atoms with van der Waals surface area (Å²) in [7, 11) is 0. The van der Waals surface area contributed by atoms with Crippen LogP contribution in [0.4, 0.5) is 0 Å². The van der Waals surface area contributed by atoms with Gasteiger partial charge in [0.05, 0.1) is 21.0 Å². The second-order valence-corrected chi connectivity index (χ2v) is 9.20. The van der Waals surface area contributed by atoms with Crippen LogP contribution in [0.15, 0.2) is 24.3 Å². The molecule has 150 valence electrons. The fourth-order valence-electron chi connectivity index (χ4n) is 3.65. The van der Waals surface area contributed by atoms with Crippen LogP contribution in [0.2, 0.25) is 4.34 Å². The summed E-state index contributed by atoms with van der Waals surface area (Å²) in [5.41, 5.74) is 0. The highest BCUT2D eigenvalue weighted by atomic mass is 35.5. The lowest BCUT2D eigenvalue weighted by Gasteiger charge is -2.26. The first kappa shape index (κ1) is 20.7. The molecule has 0 aromatic carbocycles. The van der Waals surface area contributed by atoms with Gasteiger partial charge in [-0.05, 0) is 37.3 Å². The van der Waals surface area contributed by atoms with Crippen molar-refractivity contribution in [2.45, 2.75) is 39.2 Å². The first-order chi connectivity index (χ1) is 13.3. The molecule has 3 unspecified atom stereocenters. The Hall–Kier alpha value is -1.99. The number of ketones is 1. The zero-order valence-electron chi connectivity index (χ0n) is 15.7. The Bertz CT molecular complexity index is 804. The summed E-state index contributed by atoms with van der Waals surface area (Å²) in [5, 5.41) is 0. The number of thiophene rings is 1. The molecule has 6 nitrogen and oxygen atoms in total. The van der Waals surface area contributed by atoms with E-state index in [0.29, 0.717) is 28.5 Å². The van der Waals surface area contributed by atoms with Crippen LogP contribution < -0.4 is 0 Å². The maximum atomic E-state index is 12.8. The van der Waals surface area contributed by atoms with Crippen molar-refractivity contribution < 1.29 is 23.9 Å². The van der Waals surface area contributed by atoms with Gasteiger partial charge in [-0.3, -0.25) is 19.3 Å². The number of Topliss-reactive ketones (excluding diaryl/α,β-unsaturated/α-hetero) is 1. The molecule has 1 aliphatic carbocycles. The minimum Gasteiger partial charge on any atom is -0.456 e. The summed E-state index contributed by atoms with van der Waals surface area (Å²) in [5.74, 6) is -2.49. The van der Waals surface area contributed by atoms with E-state index in [9.17, 15) is 19.2 Å². The number of imide groups is 1. The molecule has 1 aromatic heterocycles. The standard InChI is InChI=1S/C20H22ClNO5S/c1-11(2)9-14(20(26)27-10-15(23)16-7-8-17(21)28-16)22-18(24)12-5-3-4-6-13(12)19(22)25/h3-4,7-8,11-14H,5-6,9-10H2,1-2H3. The Labute approximate surface area is 172 Å². The largest absolute Gasteiger partial charge is 0.456 e. The number of esters is 1. The van der Waals surface area contributed by atoms with Crippen LogP contribution in [0.25, 0.3) is 0 Å². The van der Waals surface area contributed by atoms with Gasteiger partial charge in [0.25, 0.3) is 0 Å². The van der Waals surface area contributed by atoms with E-state index in [1.54, 1.807) is 12.1 Å². The molecule has 0 bridgehead atoms. The Morgan fingerprint density at radius 2 is 1.79 bits per heavy atom. The van der Waals surface area contributed by atoms with E-state index in [4.69, 9.17) is 16.3 Å². The predicted molar refractivity (Wildman–Crippen MR) is 105 cm³/mol. The van der Waals surface area contributed by atoms with Gasteiger partial charge in [-0.2, -0.15) is 0 Å². The molecule has 8 heteroatoms. The molecular formula is C20H22ClNO5S. The maximum absolute atomic E-state index is 12.8. The number of carbonyl (C=O) groups is 4. The number of rotatable bonds is 7. The van der Waals surface area contributed by atoms with Crippen molar-refractivity contribution in [3.05, 3.63) is 33.5 Å². The monoisotopic (exact) mass is 423 g/mol. The average Bonchev–Trinajstić information content (AvgIpc) is 3.20. The highest BCUT2D eigenvalue weighted by Crippen LogP contribution is 2.37. The van der Waals surface area contributed by atoms with Crippen LogP contribution >= 0.6 is 22.9 Å². The summed E-state index contributed by atoms with van der Waals surface area (Å²) >= 11 is 6.93. The molecule has 2 aliphatic rings. The molecule has 28 heavy (non-hydrogen) atoms. The minimum atomic E-state index is -1.01. The molecule has 1 aromatic rings. The number of ether oxygens (including phenoxy) is 1. The second kappa shape index (κ2) is 8.57. The van der Waals surface area contributed by atoms with Gasteiger partial charge in [0.15, 0.2) is 6.61 Å². The minimum absolute atomic E-state index is 0.0608. The van der Waals surface area contributed by atoms with Crippen molar-refractivity contribution in [1.82, 2.24) is 4.90 Å². The lowest BCUT2D eigenvalue weighted by Crippen LogP contribution is -2.47. The first-order valence-corrected chi connectivity index (χ1v) is 10.5. The van der Waals surface area contributed by atoms with Gasteiger partial charge in [-0.25, -0.2) is 4.79 Å². The van der Waals surface area contributed by atoms with E-state index < -0.39 is 30.5 Å². The number of hydrogen-bond acceptors (Lipinski definition) is 6. The molecule has 1 saturated heterocycles. The topological polar surface area (TPSA) is 80.8 Å². The molecule has 0 spiro atoms. The molecule has 3 rings (SSSR count). The summed E-state index contributed by atoms with van der Waals surface area (Å²) in [4.78, 5) is 52.0. The molecule has 0 saturated carbocycles. The molecule has 0 radical (unpaired) electrons. The van der Waals surface area contributed by atoms with Gasteiger partial charge < -0.3 is 4.74 Å². The Morgan fingerprint density at radius 1 is 1.18 bits per heavy atom. The fourth-order valence-corrected chi connectivity index (χ4v) is 4.62. The number of allylic oxidation sites excluding steroid dienone is 2. The van der Waals surface area contributed by atoms with Crippen molar-refractivity contribution in [1.29, 1.82) is 0 Å². The van der Waals surface area contributed by atoms with Crippen molar-refractivity contribution in [3.8, 4) is 0 Å². The third-order valence-corrected chi connectivity index (χ3v) is 6.29. The quantitative estimate of drug-likeness (QED) is 0.290. The average molecular weight is 424 g/mol. The number of halogens is 1. The Kier molecular flexibility index (Phi) is 6.35. The van der Waals surface area contributed by atoms with Gasteiger partial charge in [-0.1, -0.05) is 37.6 Å². The maximum Gasteiger partial charge on any atom is 0.329 e. The van der Waals surface area contributed by atoms with E-state index in [0.717, 1.165) is 16.2 Å². The van der Waals surface area contributed by atoms with Gasteiger partial charge in [-0.15, -0.1) is 11.3 Å². The molecule has 3 atom stereocenters. The van der Waals surface area contributed by atoms with Crippen molar-refractivity contribution in [3.63, 3.8) is 0 Å². The van der Waals surface area contributed by atoms with Crippen molar-refractivity contribution >= 4 is 46.5 Å². The van der Waals surface area contributed by atoms with Gasteiger partial charge in [0.1, 0.15) is 6.04 Å². The van der Waals surface area contributed by atoms with E-state index in [1.165, 1.54) is 0 Å².